The van der Waals surface area contributed by atoms with Gasteiger partial charge in [-0.25, -0.2) is 18.1 Å². The zero-order valence-corrected chi connectivity index (χ0v) is 13.0. The monoisotopic (exact) mass is 315 g/mol. The summed E-state index contributed by atoms with van der Waals surface area (Å²) >= 11 is 0. The van der Waals surface area contributed by atoms with Crippen LogP contribution in [0, 0.1) is 11.8 Å². The molecule has 7 nitrogen and oxygen atoms in total. The molecule has 2 N–H and O–H groups in total. The van der Waals surface area contributed by atoms with E-state index in [0.29, 0.717) is 25.5 Å². The van der Waals surface area contributed by atoms with Crippen LogP contribution in [0.25, 0.3) is 0 Å². The van der Waals surface area contributed by atoms with E-state index in [2.05, 4.69) is 14.7 Å². The minimum Gasteiger partial charge on any atom is -0.384 e. The van der Waals surface area contributed by atoms with Gasteiger partial charge in [-0.2, -0.15) is 0 Å². The van der Waals surface area contributed by atoms with Gasteiger partial charge in [-0.05, 0) is 6.42 Å². The molecule has 0 unspecified atom stereocenters. The van der Waals surface area contributed by atoms with Crippen molar-refractivity contribution < 1.29 is 17.9 Å². The number of fused-ring (bicyclic) bond motifs is 1. The van der Waals surface area contributed by atoms with Gasteiger partial charge in [0.15, 0.2) is 5.03 Å². The van der Waals surface area contributed by atoms with E-state index >= 15 is 0 Å². The molecule has 2 aliphatic rings. The second-order valence-corrected chi connectivity index (χ2v) is 7.28. The van der Waals surface area contributed by atoms with E-state index in [9.17, 15) is 8.42 Å². The van der Waals surface area contributed by atoms with Crippen molar-refractivity contribution in [3.8, 4) is 0 Å². The van der Waals surface area contributed by atoms with E-state index < -0.39 is 10.0 Å². The van der Waals surface area contributed by atoms with Crippen LogP contribution in [-0.4, -0.2) is 50.9 Å². The lowest BCUT2D eigenvalue weighted by Crippen LogP contribution is -2.62. The fourth-order valence-corrected chi connectivity index (χ4v) is 4.58. The molecule has 8 heteroatoms. The molecule has 0 aromatic carbocycles. The molecule has 0 bridgehead atoms. The number of nitrogens with zero attached hydrogens (tertiary/aromatic N) is 1. The number of sulfonamides is 1. The third-order valence-corrected chi connectivity index (χ3v) is 5.78. The maximum absolute atomic E-state index is 12.4. The molecule has 1 aromatic heterocycles. The molecular weight excluding hydrogens is 294 g/mol. The minimum atomic E-state index is -3.58. The SMILES string of the molecule is CCc1ncc(S(=O)(=O)N[C@H]2[C@H]3CCO[C@H]3[C@H]2COC)[nH]1. The number of aromatic nitrogens is 2. The van der Waals surface area contributed by atoms with Crippen LogP contribution in [0.5, 0.6) is 0 Å². The van der Waals surface area contributed by atoms with Crippen molar-refractivity contribution in [3.05, 3.63) is 12.0 Å². The highest BCUT2D eigenvalue weighted by molar-refractivity contribution is 7.89. The lowest BCUT2D eigenvalue weighted by molar-refractivity contribution is -0.0775. The summed E-state index contributed by atoms with van der Waals surface area (Å²) in [6.45, 7) is 3.11. The summed E-state index contributed by atoms with van der Waals surface area (Å²) in [5, 5.41) is 0.123. The molecule has 1 saturated heterocycles. The Morgan fingerprint density at radius 1 is 1.57 bits per heavy atom. The first-order chi connectivity index (χ1) is 10.1. The summed E-state index contributed by atoms with van der Waals surface area (Å²) in [6, 6.07) is -0.129. The average molecular weight is 315 g/mol. The fraction of sp³-hybridized carbons (Fsp3) is 0.769. The van der Waals surface area contributed by atoms with Crippen molar-refractivity contribution in [2.75, 3.05) is 20.3 Å². The van der Waals surface area contributed by atoms with Crippen LogP contribution in [-0.2, 0) is 25.9 Å². The van der Waals surface area contributed by atoms with Gasteiger partial charge in [0, 0.05) is 38.0 Å². The summed E-state index contributed by atoms with van der Waals surface area (Å²) in [4.78, 5) is 6.89. The van der Waals surface area contributed by atoms with Crippen molar-refractivity contribution in [2.24, 2.45) is 11.8 Å². The number of aromatic amines is 1. The van der Waals surface area contributed by atoms with Gasteiger partial charge in [-0.1, -0.05) is 6.92 Å². The van der Waals surface area contributed by atoms with Crippen molar-refractivity contribution >= 4 is 10.0 Å². The van der Waals surface area contributed by atoms with Gasteiger partial charge in [0.2, 0.25) is 0 Å². The Labute approximate surface area is 124 Å². The number of imidazole rings is 1. The number of methoxy groups -OCH3 is 1. The lowest BCUT2D eigenvalue weighted by Gasteiger charge is -2.47. The largest absolute Gasteiger partial charge is 0.384 e. The predicted molar refractivity (Wildman–Crippen MR) is 75.3 cm³/mol. The number of nitrogens with one attached hydrogen (secondary N) is 2. The first kappa shape index (κ1) is 15.0. The Balaban J connectivity index is 1.75. The normalized spacial score (nSPS) is 31.9. The lowest BCUT2D eigenvalue weighted by atomic mass is 9.68. The molecule has 2 fully saturated rings. The van der Waals surface area contributed by atoms with Gasteiger partial charge in [-0.3, -0.25) is 0 Å². The van der Waals surface area contributed by atoms with Crippen LogP contribution in [0.4, 0.5) is 0 Å². The third-order valence-electron chi connectivity index (χ3n) is 4.41. The van der Waals surface area contributed by atoms with E-state index in [-0.39, 0.29) is 29.0 Å². The van der Waals surface area contributed by atoms with E-state index in [1.165, 1.54) is 6.20 Å². The van der Waals surface area contributed by atoms with E-state index in [0.717, 1.165) is 6.42 Å². The molecule has 0 radical (unpaired) electrons. The number of rotatable bonds is 6. The third kappa shape index (κ3) is 2.61. The topological polar surface area (TPSA) is 93.3 Å². The van der Waals surface area contributed by atoms with Gasteiger partial charge in [0.25, 0.3) is 10.0 Å². The predicted octanol–water partition coefficient (Wildman–Crippen LogP) is 0.300. The second-order valence-electron chi connectivity index (χ2n) is 5.60. The quantitative estimate of drug-likeness (QED) is 0.787. The van der Waals surface area contributed by atoms with Crippen molar-refractivity contribution in [2.45, 2.75) is 36.9 Å². The van der Waals surface area contributed by atoms with Gasteiger partial charge < -0.3 is 14.5 Å². The number of hydrogen-bond acceptors (Lipinski definition) is 5. The summed E-state index contributed by atoms with van der Waals surface area (Å²) in [5.41, 5.74) is 0. The van der Waals surface area contributed by atoms with Gasteiger partial charge in [0.1, 0.15) is 5.82 Å². The Morgan fingerprint density at radius 3 is 3.05 bits per heavy atom. The maximum Gasteiger partial charge on any atom is 0.257 e. The zero-order valence-electron chi connectivity index (χ0n) is 12.2. The first-order valence-electron chi connectivity index (χ1n) is 7.23. The number of H-pyrrole nitrogens is 1. The maximum atomic E-state index is 12.4. The summed E-state index contributed by atoms with van der Waals surface area (Å²) in [7, 11) is -1.96. The Bertz CT molecular complexity index is 600. The number of aryl methyl sites for hydroxylation is 1. The molecule has 1 aliphatic heterocycles. The minimum absolute atomic E-state index is 0.0749. The van der Waals surface area contributed by atoms with E-state index in [4.69, 9.17) is 9.47 Å². The Hall–Kier alpha value is -0.960. The van der Waals surface area contributed by atoms with Gasteiger partial charge >= 0.3 is 0 Å². The van der Waals surface area contributed by atoms with Crippen LogP contribution in [0.3, 0.4) is 0 Å². The molecule has 4 atom stereocenters. The van der Waals surface area contributed by atoms with Crippen LogP contribution in [0.15, 0.2) is 11.2 Å². The van der Waals surface area contributed by atoms with Crippen LogP contribution in [0.2, 0.25) is 0 Å². The van der Waals surface area contributed by atoms with E-state index in [1.54, 1.807) is 7.11 Å². The standard InChI is InChI=1S/C13H21N3O4S/c1-3-10-14-6-11(15-10)21(17,18)16-12-8-4-5-20-13(8)9(12)7-19-2/h6,8-9,12-13,16H,3-5,7H2,1-2H3,(H,14,15)/t8-,9+,12+,13-/m1/s1. The van der Waals surface area contributed by atoms with Gasteiger partial charge in [-0.15, -0.1) is 0 Å². The molecule has 0 amide bonds. The summed E-state index contributed by atoms with van der Waals surface area (Å²) in [6.07, 6.45) is 3.05. The van der Waals surface area contributed by atoms with Crippen molar-refractivity contribution in [3.63, 3.8) is 0 Å². The molecule has 3 rings (SSSR count). The van der Waals surface area contributed by atoms with Crippen LogP contribution < -0.4 is 4.72 Å². The molecule has 1 aromatic rings. The highest BCUT2D eigenvalue weighted by Gasteiger charge is 2.55. The van der Waals surface area contributed by atoms with E-state index in [1.807, 2.05) is 6.92 Å². The highest BCUT2D eigenvalue weighted by atomic mass is 32.2. The highest BCUT2D eigenvalue weighted by Crippen LogP contribution is 2.44. The van der Waals surface area contributed by atoms with Crippen LogP contribution >= 0.6 is 0 Å². The Kier molecular flexibility index (Phi) is 4.04. The van der Waals surface area contributed by atoms with Crippen molar-refractivity contribution in [1.29, 1.82) is 0 Å². The molecule has 21 heavy (non-hydrogen) atoms. The van der Waals surface area contributed by atoms with Gasteiger partial charge in [0.05, 0.1) is 18.9 Å². The fourth-order valence-electron chi connectivity index (χ4n) is 3.30. The number of hydrogen-bond donors (Lipinski definition) is 2. The zero-order chi connectivity index (χ0) is 15.0. The smallest absolute Gasteiger partial charge is 0.257 e. The number of ether oxygens (including phenoxy) is 2. The summed E-state index contributed by atoms with van der Waals surface area (Å²) in [5.74, 6) is 0.985. The molecule has 0 spiro atoms. The summed E-state index contributed by atoms with van der Waals surface area (Å²) < 4.78 is 38.5. The molecule has 2 heterocycles. The molecule has 1 saturated carbocycles. The Morgan fingerprint density at radius 2 is 2.38 bits per heavy atom. The molecule has 118 valence electrons. The second kappa shape index (κ2) is 5.68. The average Bonchev–Trinajstić information content (AvgIpc) is 3.09. The van der Waals surface area contributed by atoms with Crippen molar-refractivity contribution in [1.82, 2.24) is 14.7 Å². The van der Waals surface area contributed by atoms with Crippen LogP contribution in [0.1, 0.15) is 19.2 Å². The molecule has 1 aliphatic carbocycles. The first-order valence-corrected chi connectivity index (χ1v) is 8.72. The molecular formula is C13H21N3O4S.